The minimum atomic E-state index is 0.493. The number of thiazole rings is 1. The van der Waals surface area contributed by atoms with Crippen LogP contribution in [-0.4, -0.2) is 61.5 Å². The summed E-state index contributed by atoms with van der Waals surface area (Å²) in [7, 11) is 0. The zero-order valence-electron chi connectivity index (χ0n) is 18.5. The molecular weight excluding hydrogens is 436 g/mol. The fourth-order valence-electron chi connectivity index (χ4n) is 4.69. The Kier molecular flexibility index (Phi) is 5.03. The lowest BCUT2D eigenvalue weighted by Crippen LogP contribution is -2.46. The maximum atomic E-state index is 5.82. The fraction of sp³-hybridized carbons (Fsp3) is 0.348. The van der Waals surface area contributed by atoms with Gasteiger partial charge in [-0.15, -0.1) is 0 Å². The third-order valence-electron chi connectivity index (χ3n) is 6.21. The molecule has 2 fully saturated rings. The van der Waals surface area contributed by atoms with E-state index in [1.807, 2.05) is 31.2 Å². The first-order chi connectivity index (χ1) is 16.1. The van der Waals surface area contributed by atoms with Crippen LogP contribution in [0.5, 0.6) is 10.9 Å². The van der Waals surface area contributed by atoms with Crippen LogP contribution in [0.1, 0.15) is 19.0 Å². The molecule has 0 aromatic carbocycles. The van der Waals surface area contributed by atoms with Gasteiger partial charge in [0.2, 0.25) is 5.95 Å². The molecule has 6 rings (SSSR count). The van der Waals surface area contributed by atoms with E-state index in [1.54, 1.807) is 18.6 Å². The number of rotatable bonds is 6. The number of aromatic nitrogens is 5. The highest BCUT2D eigenvalue weighted by atomic mass is 32.1. The number of ether oxygens (including phenoxy) is 1. The van der Waals surface area contributed by atoms with Gasteiger partial charge in [0.25, 0.3) is 5.19 Å². The van der Waals surface area contributed by atoms with E-state index in [2.05, 4.69) is 37.0 Å². The number of nitrogens with zero attached hydrogens (tertiary/aromatic N) is 7. The summed E-state index contributed by atoms with van der Waals surface area (Å²) in [4.78, 5) is 27.7. The predicted molar refractivity (Wildman–Crippen MR) is 129 cm³/mol. The Morgan fingerprint density at radius 3 is 2.85 bits per heavy atom. The molecule has 0 saturated carbocycles. The number of piperazine rings is 1. The van der Waals surface area contributed by atoms with E-state index in [9.17, 15) is 0 Å². The second kappa shape index (κ2) is 8.20. The van der Waals surface area contributed by atoms with Crippen molar-refractivity contribution in [3.05, 3.63) is 48.5 Å². The predicted octanol–water partition coefficient (Wildman–Crippen LogP) is 4.00. The van der Waals surface area contributed by atoms with Gasteiger partial charge in [0.1, 0.15) is 17.4 Å². The molecule has 33 heavy (non-hydrogen) atoms. The van der Waals surface area contributed by atoms with Crippen LogP contribution in [0.2, 0.25) is 0 Å². The third kappa shape index (κ3) is 3.96. The van der Waals surface area contributed by atoms with E-state index in [4.69, 9.17) is 14.7 Å². The van der Waals surface area contributed by atoms with Crippen LogP contribution in [0.15, 0.2) is 42.9 Å². The Morgan fingerprint density at radius 1 is 1.12 bits per heavy atom. The summed E-state index contributed by atoms with van der Waals surface area (Å²) in [5.74, 6) is 2.87. The molecule has 2 saturated heterocycles. The van der Waals surface area contributed by atoms with Crippen molar-refractivity contribution in [1.29, 1.82) is 0 Å². The standard InChI is InChI=1S/C23H24N8OS/c1-3-30-12-16-8-15(30)13-31(16)22-26-14(2)7-21(29-22)28-20-9-18-19(11-25-20)33-23(27-18)32-17-5-4-6-24-10-17/h4-7,9-11,15-16H,3,8,12-13H2,1-2H3,(H,25,26,28,29)/t15-,16-/m0/s1. The van der Waals surface area contributed by atoms with Gasteiger partial charge < -0.3 is 15.0 Å². The normalized spacial score (nSPS) is 20.0. The van der Waals surface area contributed by atoms with Gasteiger partial charge >= 0.3 is 0 Å². The number of nitrogens with one attached hydrogen (secondary N) is 1. The second-order valence-electron chi connectivity index (χ2n) is 8.41. The molecule has 9 nitrogen and oxygen atoms in total. The Labute approximate surface area is 195 Å². The van der Waals surface area contributed by atoms with Crippen molar-refractivity contribution in [3.63, 3.8) is 0 Å². The quantitative estimate of drug-likeness (QED) is 0.458. The average molecular weight is 461 g/mol. The van der Waals surface area contributed by atoms with Gasteiger partial charge in [-0.3, -0.25) is 9.88 Å². The van der Waals surface area contributed by atoms with Crippen LogP contribution < -0.4 is 15.0 Å². The lowest BCUT2D eigenvalue weighted by molar-refractivity contribution is 0.250. The van der Waals surface area contributed by atoms with Crippen molar-refractivity contribution >= 4 is 39.1 Å². The highest BCUT2D eigenvalue weighted by molar-refractivity contribution is 7.20. The highest BCUT2D eigenvalue weighted by Gasteiger charge is 2.43. The second-order valence-corrected chi connectivity index (χ2v) is 9.40. The summed E-state index contributed by atoms with van der Waals surface area (Å²) >= 11 is 1.45. The van der Waals surface area contributed by atoms with E-state index in [0.717, 1.165) is 47.3 Å². The van der Waals surface area contributed by atoms with Crippen LogP contribution >= 0.6 is 11.3 Å². The average Bonchev–Trinajstić information content (AvgIpc) is 3.52. The first-order valence-corrected chi connectivity index (χ1v) is 11.9. The highest BCUT2D eigenvalue weighted by Crippen LogP contribution is 2.34. The van der Waals surface area contributed by atoms with Gasteiger partial charge in [0, 0.05) is 55.4 Å². The van der Waals surface area contributed by atoms with E-state index in [0.29, 0.717) is 28.8 Å². The van der Waals surface area contributed by atoms with Crippen LogP contribution in [-0.2, 0) is 0 Å². The van der Waals surface area contributed by atoms with Gasteiger partial charge in [-0.1, -0.05) is 18.3 Å². The molecule has 0 radical (unpaired) electrons. The van der Waals surface area contributed by atoms with Crippen LogP contribution in [0, 0.1) is 6.92 Å². The molecule has 2 bridgehead atoms. The van der Waals surface area contributed by atoms with Gasteiger partial charge in [-0.2, -0.15) is 4.98 Å². The van der Waals surface area contributed by atoms with Gasteiger partial charge in [0.15, 0.2) is 0 Å². The molecule has 2 aliphatic heterocycles. The smallest absolute Gasteiger partial charge is 0.279 e. The van der Waals surface area contributed by atoms with Gasteiger partial charge in [-0.05, 0) is 32.0 Å². The Bertz CT molecular complexity index is 1300. The number of hydrogen-bond donors (Lipinski definition) is 1. The van der Waals surface area contributed by atoms with Crippen LogP contribution in [0.25, 0.3) is 10.2 Å². The minimum Gasteiger partial charge on any atom is -0.429 e. The number of aryl methyl sites for hydroxylation is 1. The molecular formula is C23H24N8OS. The molecule has 2 aliphatic rings. The maximum absolute atomic E-state index is 5.82. The molecule has 0 aliphatic carbocycles. The molecule has 4 aromatic rings. The van der Waals surface area contributed by atoms with Crippen molar-refractivity contribution in [2.45, 2.75) is 32.4 Å². The van der Waals surface area contributed by atoms with Crippen molar-refractivity contribution in [3.8, 4) is 10.9 Å². The first-order valence-electron chi connectivity index (χ1n) is 11.1. The van der Waals surface area contributed by atoms with E-state index in [-0.39, 0.29) is 0 Å². The topological polar surface area (TPSA) is 92.2 Å². The minimum absolute atomic E-state index is 0.493. The fourth-order valence-corrected chi connectivity index (χ4v) is 5.48. The van der Waals surface area contributed by atoms with E-state index >= 15 is 0 Å². The van der Waals surface area contributed by atoms with Gasteiger partial charge in [0.05, 0.1) is 16.4 Å². The number of hydrogen-bond acceptors (Lipinski definition) is 10. The number of anilines is 3. The van der Waals surface area contributed by atoms with Crippen LogP contribution in [0.4, 0.5) is 17.6 Å². The number of likely N-dealkylation sites (N-methyl/N-ethyl adjacent to an activating group) is 1. The summed E-state index contributed by atoms with van der Waals surface area (Å²) in [6.07, 6.45) is 6.37. The monoisotopic (exact) mass is 460 g/mol. The summed E-state index contributed by atoms with van der Waals surface area (Å²) < 4.78 is 6.77. The van der Waals surface area contributed by atoms with Crippen molar-refractivity contribution in [2.24, 2.45) is 0 Å². The molecule has 2 atom stereocenters. The molecule has 168 valence electrons. The molecule has 10 heteroatoms. The number of pyridine rings is 2. The summed E-state index contributed by atoms with van der Waals surface area (Å²) in [6.45, 7) is 7.42. The van der Waals surface area contributed by atoms with Gasteiger partial charge in [-0.25, -0.2) is 15.0 Å². The Balaban J connectivity index is 1.21. The van der Waals surface area contributed by atoms with Crippen molar-refractivity contribution < 1.29 is 4.74 Å². The zero-order valence-corrected chi connectivity index (χ0v) is 19.3. The Hall–Kier alpha value is -3.37. The zero-order chi connectivity index (χ0) is 22.4. The lowest BCUT2D eigenvalue weighted by atomic mass is 10.2. The number of fused-ring (bicyclic) bond motifs is 3. The van der Waals surface area contributed by atoms with Crippen molar-refractivity contribution in [2.75, 3.05) is 29.9 Å². The Morgan fingerprint density at radius 2 is 2.06 bits per heavy atom. The maximum Gasteiger partial charge on any atom is 0.279 e. The largest absolute Gasteiger partial charge is 0.429 e. The summed E-state index contributed by atoms with van der Waals surface area (Å²) in [5.41, 5.74) is 1.75. The third-order valence-corrected chi connectivity index (χ3v) is 7.09. The molecule has 0 amide bonds. The van der Waals surface area contributed by atoms with E-state index in [1.165, 1.54) is 17.8 Å². The SMILES string of the molecule is CCN1C[C@@H]2C[C@H]1CN2c1nc(C)cc(Nc2cc3nc(Oc4cccnc4)sc3cn2)n1. The molecule has 1 N–H and O–H groups in total. The molecule has 0 unspecified atom stereocenters. The van der Waals surface area contributed by atoms with E-state index < -0.39 is 0 Å². The summed E-state index contributed by atoms with van der Waals surface area (Å²) in [5, 5.41) is 3.90. The molecule has 0 spiro atoms. The first kappa shape index (κ1) is 20.3. The lowest BCUT2D eigenvalue weighted by Gasteiger charge is -2.33. The molecule has 4 aromatic heterocycles. The number of likely N-dealkylation sites (tertiary alicyclic amines) is 1. The van der Waals surface area contributed by atoms with Crippen molar-refractivity contribution in [1.82, 2.24) is 29.8 Å². The van der Waals surface area contributed by atoms with Crippen LogP contribution in [0.3, 0.4) is 0 Å². The molecule has 6 heterocycles. The summed E-state index contributed by atoms with van der Waals surface area (Å²) in [6, 6.07) is 8.64.